The number of rotatable bonds is 5. The molecule has 0 saturated heterocycles. The van der Waals surface area contributed by atoms with Gasteiger partial charge in [0.2, 0.25) is 10.0 Å². The highest BCUT2D eigenvalue weighted by Gasteiger charge is 2.28. The molecule has 24 heavy (non-hydrogen) atoms. The maximum Gasteiger partial charge on any atom is 0.243 e. The molecule has 3 aromatic rings. The second-order valence-corrected chi connectivity index (χ2v) is 8.77. The molecule has 2 aromatic carbocycles. The average molecular weight is 361 g/mol. The van der Waals surface area contributed by atoms with Crippen LogP contribution in [0.4, 0.5) is 0 Å². The van der Waals surface area contributed by atoms with Gasteiger partial charge in [0.15, 0.2) is 0 Å². The highest BCUT2D eigenvalue weighted by Crippen LogP contribution is 2.31. The molecule has 0 saturated carbocycles. The standard InChI is InChI=1S/C18H20N2O2S2/c1-4-14-9-11-15(12-10-14)24(21,22)20(3)13(2)18-19-16-7-5-6-8-17(16)23-18/h5-13H,4H2,1-3H3/t13-/m0/s1. The fraction of sp³-hybridized carbons (Fsp3) is 0.278. The van der Waals surface area contributed by atoms with Crippen LogP contribution in [-0.4, -0.2) is 24.8 Å². The van der Waals surface area contributed by atoms with Crippen LogP contribution in [0.15, 0.2) is 53.4 Å². The average Bonchev–Trinajstić information content (AvgIpc) is 3.04. The van der Waals surface area contributed by atoms with Gasteiger partial charge in [-0.1, -0.05) is 31.2 Å². The fourth-order valence-electron chi connectivity index (χ4n) is 2.50. The molecule has 6 heteroatoms. The Morgan fingerprint density at radius 3 is 2.42 bits per heavy atom. The van der Waals surface area contributed by atoms with Crippen molar-refractivity contribution >= 4 is 31.6 Å². The lowest BCUT2D eigenvalue weighted by molar-refractivity contribution is 0.398. The lowest BCUT2D eigenvalue weighted by Crippen LogP contribution is -2.29. The van der Waals surface area contributed by atoms with E-state index in [0.29, 0.717) is 4.90 Å². The van der Waals surface area contributed by atoms with E-state index < -0.39 is 10.0 Å². The summed E-state index contributed by atoms with van der Waals surface area (Å²) >= 11 is 1.53. The number of nitrogens with zero attached hydrogens (tertiary/aromatic N) is 2. The second kappa shape index (κ2) is 6.63. The van der Waals surface area contributed by atoms with Crippen LogP contribution in [0.2, 0.25) is 0 Å². The molecular weight excluding hydrogens is 340 g/mol. The molecule has 4 nitrogen and oxygen atoms in total. The van der Waals surface area contributed by atoms with Crippen LogP contribution >= 0.6 is 11.3 Å². The summed E-state index contributed by atoms with van der Waals surface area (Å²) in [6.07, 6.45) is 0.887. The molecule has 0 fully saturated rings. The maximum absolute atomic E-state index is 12.9. The minimum absolute atomic E-state index is 0.315. The third kappa shape index (κ3) is 3.09. The van der Waals surface area contributed by atoms with Crippen molar-refractivity contribution in [1.82, 2.24) is 9.29 Å². The van der Waals surface area contributed by atoms with E-state index >= 15 is 0 Å². The largest absolute Gasteiger partial charge is 0.243 e. The predicted molar refractivity (Wildman–Crippen MR) is 98.8 cm³/mol. The van der Waals surface area contributed by atoms with Gasteiger partial charge >= 0.3 is 0 Å². The molecule has 1 heterocycles. The molecular formula is C18H20N2O2S2. The van der Waals surface area contributed by atoms with Gasteiger partial charge in [-0.05, 0) is 43.2 Å². The molecule has 0 aliphatic rings. The lowest BCUT2D eigenvalue weighted by atomic mass is 10.2. The zero-order chi connectivity index (χ0) is 17.3. The first-order valence-corrected chi connectivity index (χ1v) is 10.1. The minimum atomic E-state index is -3.55. The van der Waals surface area contributed by atoms with Gasteiger partial charge in [-0.2, -0.15) is 4.31 Å². The first kappa shape index (κ1) is 17.1. The van der Waals surface area contributed by atoms with E-state index in [-0.39, 0.29) is 6.04 Å². The molecule has 126 valence electrons. The number of hydrogen-bond acceptors (Lipinski definition) is 4. The molecule has 0 radical (unpaired) electrons. The Hall–Kier alpha value is -1.76. The smallest absolute Gasteiger partial charge is 0.239 e. The van der Waals surface area contributed by atoms with Crippen molar-refractivity contribution in [3.63, 3.8) is 0 Å². The van der Waals surface area contributed by atoms with Gasteiger partial charge in [-0.25, -0.2) is 13.4 Å². The Balaban J connectivity index is 1.91. The van der Waals surface area contributed by atoms with Gasteiger partial charge in [-0.3, -0.25) is 0 Å². The Morgan fingerprint density at radius 1 is 1.12 bits per heavy atom. The normalized spacial score (nSPS) is 13.5. The summed E-state index contributed by atoms with van der Waals surface area (Å²) in [5, 5.41) is 0.799. The number of aryl methyl sites for hydroxylation is 1. The van der Waals surface area contributed by atoms with Crippen LogP contribution < -0.4 is 0 Å². The molecule has 0 aliphatic heterocycles. The van der Waals surface area contributed by atoms with Gasteiger partial charge in [0, 0.05) is 7.05 Å². The summed E-state index contributed by atoms with van der Waals surface area (Å²) in [6, 6.07) is 14.6. The molecule has 3 rings (SSSR count). The number of sulfonamides is 1. The first-order valence-electron chi connectivity index (χ1n) is 7.86. The van der Waals surface area contributed by atoms with Crippen LogP contribution in [0.3, 0.4) is 0 Å². The van der Waals surface area contributed by atoms with Crippen molar-refractivity contribution in [2.45, 2.75) is 31.2 Å². The number of thiazole rings is 1. The number of aromatic nitrogens is 1. The molecule has 0 spiro atoms. The number of para-hydroxylation sites is 1. The Labute approximate surface area is 146 Å². The van der Waals surface area contributed by atoms with Crippen molar-refractivity contribution < 1.29 is 8.42 Å². The van der Waals surface area contributed by atoms with E-state index in [9.17, 15) is 8.42 Å². The third-order valence-electron chi connectivity index (χ3n) is 4.22. The fourth-order valence-corrected chi connectivity index (χ4v) is 4.95. The van der Waals surface area contributed by atoms with Crippen molar-refractivity contribution in [3.05, 3.63) is 59.1 Å². The van der Waals surface area contributed by atoms with Crippen LogP contribution in [0.25, 0.3) is 10.2 Å². The summed E-state index contributed by atoms with van der Waals surface area (Å²) in [5.41, 5.74) is 2.03. The molecule has 0 bridgehead atoms. The molecule has 0 unspecified atom stereocenters. The van der Waals surface area contributed by atoms with E-state index in [4.69, 9.17) is 0 Å². The molecule has 0 aliphatic carbocycles. The molecule has 1 aromatic heterocycles. The maximum atomic E-state index is 12.9. The van der Waals surface area contributed by atoms with E-state index in [0.717, 1.165) is 27.2 Å². The monoisotopic (exact) mass is 360 g/mol. The van der Waals surface area contributed by atoms with Crippen LogP contribution in [0.5, 0.6) is 0 Å². The molecule has 0 N–H and O–H groups in total. The number of benzene rings is 2. The quantitative estimate of drug-likeness (QED) is 0.684. The van der Waals surface area contributed by atoms with Gasteiger partial charge in [-0.15, -0.1) is 11.3 Å². The minimum Gasteiger partial charge on any atom is -0.239 e. The van der Waals surface area contributed by atoms with E-state index in [1.54, 1.807) is 19.2 Å². The summed E-state index contributed by atoms with van der Waals surface area (Å²) in [4.78, 5) is 4.90. The molecule has 1 atom stereocenters. The SMILES string of the molecule is CCc1ccc(S(=O)(=O)N(C)[C@@H](C)c2nc3ccccc3s2)cc1. The van der Waals surface area contributed by atoms with Crippen molar-refractivity contribution in [2.24, 2.45) is 0 Å². The third-order valence-corrected chi connectivity index (χ3v) is 7.37. The van der Waals surface area contributed by atoms with Crippen molar-refractivity contribution in [2.75, 3.05) is 7.05 Å². The Kier molecular flexibility index (Phi) is 4.71. The molecule has 0 amide bonds. The van der Waals surface area contributed by atoms with Crippen LogP contribution in [0.1, 0.15) is 30.5 Å². The van der Waals surface area contributed by atoms with Crippen molar-refractivity contribution in [1.29, 1.82) is 0 Å². The summed E-state index contributed by atoms with van der Waals surface area (Å²) < 4.78 is 28.2. The van der Waals surface area contributed by atoms with Gasteiger partial charge in [0.05, 0.1) is 21.2 Å². The van der Waals surface area contributed by atoms with Crippen LogP contribution in [-0.2, 0) is 16.4 Å². The number of hydrogen-bond donors (Lipinski definition) is 0. The number of fused-ring (bicyclic) bond motifs is 1. The van der Waals surface area contributed by atoms with Gasteiger partial charge in [0.25, 0.3) is 0 Å². The Morgan fingerprint density at radius 2 is 1.79 bits per heavy atom. The summed E-state index contributed by atoms with van der Waals surface area (Å²) in [5.74, 6) is 0. The highest BCUT2D eigenvalue weighted by atomic mass is 32.2. The van der Waals surface area contributed by atoms with Crippen molar-refractivity contribution in [3.8, 4) is 0 Å². The van der Waals surface area contributed by atoms with E-state index in [1.807, 2.05) is 50.2 Å². The summed E-state index contributed by atoms with van der Waals surface area (Å²) in [7, 11) is -1.94. The predicted octanol–water partition coefficient (Wildman–Crippen LogP) is 4.24. The highest BCUT2D eigenvalue weighted by molar-refractivity contribution is 7.89. The van der Waals surface area contributed by atoms with E-state index in [1.165, 1.54) is 15.6 Å². The topological polar surface area (TPSA) is 50.3 Å². The lowest BCUT2D eigenvalue weighted by Gasteiger charge is -2.22. The van der Waals surface area contributed by atoms with Gasteiger partial charge in [0.1, 0.15) is 5.01 Å². The van der Waals surface area contributed by atoms with E-state index in [2.05, 4.69) is 4.98 Å². The van der Waals surface area contributed by atoms with Crippen LogP contribution in [0, 0.1) is 0 Å². The van der Waals surface area contributed by atoms with Gasteiger partial charge < -0.3 is 0 Å². The zero-order valence-corrected chi connectivity index (χ0v) is 15.6. The first-order chi connectivity index (χ1) is 11.4. The zero-order valence-electron chi connectivity index (χ0n) is 13.9. The second-order valence-electron chi connectivity index (χ2n) is 5.71. The summed E-state index contributed by atoms with van der Waals surface area (Å²) in [6.45, 7) is 3.92. The Bertz CT molecular complexity index is 914.